The normalized spacial score (nSPS) is 11.2. The van der Waals surface area contributed by atoms with Crippen molar-refractivity contribution < 1.29 is 4.79 Å². The molecule has 0 aliphatic carbocycles. The average molecular weight is 224 g/mol. The molecule has 2 heterocycles. The monoisotopic (exact) mass is 223 g/mol. The Bertz CT molecular complexity index is 519. The lowest BCUT2D eigenvalue weighted by Gasteiger charge is -2.04. The first-order chi connectivity index (χ1) is 7.15. The lowest BCUT2D eigenvalue weighted by Crippen LogP contribution is -1.96. The predicted octanol–water partition coefficient (Wildman–Crippen LogP) is 2.55. The number of H-pyrrole nitrogens is 1. The van der Waals surface area contributed by atoms with Crippen LogP contribution in [0.2, 0.25) is 5.15 Å². The van der Waals surface area contributed by atoms with Crippen LogP contribution in [0.1, 0.15) is 35.8 Å². The molecule has 0 unspecified atom stereocenters. The molecule has 0 aromatic carbocycles. The minimum absolute atomic E-state index is 0.223. The Morgan fingerprint density at radius 3 is 2.80 bits per heavy atom. The van der Waals surface area contributed by atoms with Crippen LogP contribution < -0.4 is 0 Å². The number of nitrogens with one attached hydrogen (secondary N) is 1. The first-order valence-corrected chi connectivity index (χ1v) is 5.00. The maximum Gasteiger partial charge on any atom is 0.153 e. The van der Waals surface area contributed by atoms with Gasteiger partial charge in [-0.15, -0.1) is 0 Å². The second-order valence-electron chi connectivity index (χ2n) is 3.61. The van der Waals surface area contributed by atoms with Crippen molar-refractivity contribution in [1.82, 2.24) is 15.0 Å². The molecule has 0 saturated carbocycles. The van der Waals surface area contributed by atoms with E-state index in [0.29, 0.717) is 16.4 Å². The molecule has 2 rings (SSSR count). The van der Waals surface area contributed by atoms with Gasteiger partial charge in [-0.25, -0.2) is 9.97 Å². The molecule has 0 radical (unpaired) electrons. The number of hydrogen-bond donors (Lipinski definition) is 1. The quantitative estimate of drug-likeness (QED) is 0.796. The summed E-state index contributed by atoms with van der Waals surface area (Å²) in [5.74, 6) is 0.223. The van der Waals surface area contributed by atoms with E-state index in [1.165, 1.54) is 6.33 Å². The van der Waals surface area contributed by atoms with Crippen LogP contribution in [0.15, 0.2) is 6.33 Å². The third-order valence-corrected chi connectivity index (χ3v) is 2.57. The van der Waals surface area contributed by atoms with Gasteiger partial charge >= 0.3 is 0 Å². The zero-order chi connectivity index (χ0) is 11.0. The van der Waals surface area contributed by atoms with Crippen molar-refractivity contribution in [3.63, 3.8) is 0 Å². The second-order valence-corrected chi connectivity index (χ2v) is 3.99. The van der Waals surface area contributed by atoms with E-state index >= 15 is 0 Å². The van der Waals surface area contributed by atoms with Gasteiger partial charge in [0.1, 0.15) is 17.1 Å². The van der Waals surface area contributed by atoms with Crippen LogP contribution in [0.25, 0.3) is 11.0 Å². The smallest absolute Gasteiger partial charge is 0.153 e. The van der Waals surface area contributed by atoms with E-state index in [2.05, 4.69) is 15.0 Å². The molecule has 5 heteroatoms. The molecule has 0 bridgehead atoms. The summed E-state index contributed by atoms with van der Waals surface area (Å²) in [6.45, 7) is 4.02. The molecular formula is C10H10ClN3O. The molecule has 0 saturated heterocycles. The molecule has 2 aromatic rings. The van der Waals surface area contributed by atoms with Crippen molar-refractivity contribution in [2.24, 2.45) is 0 Å². The summed E-state index contributed by atoms with van der Waals surface area (Å²) in [7, 11) is 0. The first kappa shape index (κ1) is 10.1. The molecule has 0 aliphatic rings. The summed E-state index contributed by atoms with van der Waals surface area (Å²) in [6, 6.07) is 0. The Labute approximate surface area is 91.7 Å². The number of halogens is 1. The molecule has 0 aliphatic heterocycles. The highest BCUT2D eigenvalue weighted by Gasteiger charge is 2.16. The van der Waals surface area contributed by atoms with E-state index in [4.69, 9.17) is 11.6 Å². The fourth-order valence-electron chi connectivity index (χ4n) is 1.59. The summed E-state index contributed by atoms with van der Waals surface area (Å²) < 4.78 is 0. The van der Waals surface area contributed by atoms with E-state index < -0.39 is 0 Å². The van der Waals surface area contributed by atoms with E-state index in [1.807, 2.05) is 13.8 Å². The minimum Gasteiger partial charge on any atom is -0.330 e. The molecule has 15 heavy (non-hydrogen) atoms. The molecule has 78 valence electrons. The Balaban J connectivity index is 2.87. The van der Waals surface area contributed by atoms with Crippen molar-refractivity contribution in [2.45, 2.75) is 19.8 Å². The van der Waals surface area contributed by atoms with Gasteiger partial charge < -0.3 is 4.98 Å². The van der Waals surface area contributed by atoms with Crippen molar-refractivity contribution in [3.8, 4) is 0 Å². The molecular weight excluding hydrogens is 214 g/mol. The lowest BCUT2D eigenvalue weighted by molar-refractivity contribution is 0.112. The van der Waals surface area contributed by atoms with Gasteiger partial charge in [-0.05, 0) is 5.92 Å². The van der Waals surface area contributed by atoms with Gasteiger partial charge in [-0.1, -0.05) is 25.4 Å². The van der Waals surface area contributed by atoms with Gasteiger partial charge in [-0.2, -0.15) is 0 Å². The van der Waals surface area contributed by atoms with Gasteiger partial charge in [0.2, 0.25) is 0 Å². The maximum absolute atomic E-state index is 10.9. The molecule has 0 atom stereocenters. The summed E-state index contributed by atoms with van der Waals surface area (Å²) >= 11 is 5.89. The number of fused-ring (bicyclic) bond motifs is 1. The number of aromatic nitrogens is 3. The van der Waals surface area contributed by atoms with Crippen molar-refractivity contribution in [3.05, 3.63) is 22.7 Å². The summed E-state index contributed by atoms with van der Waals surface area (Å²) in [5.41, 5.74) is 1.89. The highest BCUT2D eigenvalue weighted by atomic mass is 35.5. The fourth-order valence-corrected chi connectivity index (χ4v) is 1.82. The number of carbonyl (C=O) groups excluding carboxylic acids is 1. The van der Waals surface area contributed by atoms with Gasteiger partial charge in [0.25, 0.3) is 0 Å². The Morgan fingerprint density at radius 1 is 1.47 bits per heavy atom. The topological polar surface area (TPSA) is 58.6 Å². The van der Waals surface area contributed by atoms with E-state index in [0.717, 1.165) is 17.4 Å². The van der Waals surface area contributed by atoms with Crippen LogP contribution in [0.4, 0.5) is 0 Å². The zero-order valence-electron chi connectivity index (χ0n) is 8.41. The van der Waals surface area contributed by atoms with E-state index in [1.54, 1.807) is 0 Å². The number of nitrogens with zero attached hydrogens (tertiary/aromatic N) is 2. The van der Waals surface area contributed by atoms with Crippen LogP contribution in [-0.2, 0) is 0 Å². The molecule has 1 N–H and O–H groups in total. The second kappa shape index (κ2) is 3.62. The van der Waals surface area contributed by atoms with Gasteiger partial charge in [0.05, 0.1) is 16.6 Å². The largest absolute Gasteiger partial charge is 0.330 e. The Morgan fingerprint density at radius 2 is 2.20 bits per heavy atom. The number of aldehydes is 1. The number of carbonyl (C=O) groups is 1. The van der Waals surface area contributed by atoms with E-state index in [-0.39, 0.29) is 5.92 Å². The number of hydrogen-bond acceptors (Lipinski definition) is 3. The first-order valence-electron chi connectivity index (χ1n) is 4.62. The molecule has 0 spiro atoms. The SMILES string of the molecule is CC(C)c1ncnc2[nH]c(Cl)c(C=O)c12. The third kappa shape index (κ3) is 1.51. The van der Waals surface area contributed by atoms with Crippen molar-refractivity contribution >= 4 is 28.9 Å². The van der Waals surface area contributed by atoms with Crippen LogP contribution in [0.3, 0.4) is 0 Å². The highest BCUT2D eigenvalue weighted by molar-refractivity contribution is 6.33. The standard InChI is InChI=1S/C10H10ClN3O/c1-5(2)8-7-6(3-15)9(11)14-10(7)13-4-12-8/h3-5H,1-2H3,(H,12,13,14). The summed E-state index contributed by atoms with van der Waals surface area (Å²) in [5, 5.41) is 1.05. The average Bonchev–Trinajstić information content (AvgIpc) is 2.52. The summed E-state index contributed by atoms with van der Waals surface area (Å²) in [4.78, 5) is 22.0. The summed E-state index contributed by atoms with van der Waals surface area (Å²) in [6.07, 6.45) is 2.20. The lowest BCUT2D eigenvalue weighted by atomic mass is 10.1. The van der Waals surface area contributed by atoms with Crippen LogP contribution in [-0.4, -0.2) is 21.2 Å². The molecule has 4 nitrogen and oxygen atoms in total. The van der Waals surface area contributed by atoms with Crippen molar-refractivity contribution in [1.29, 1.82) is 0 Å². The van der Waals surface area contributed by atoms with Crippen LogP contribution in [0, 0.1) is 0 Å². The highest BCUT2D eigenvalue weighted by Crippen LogP contribution is 2.28. The minimum atomic E-state index is 0.223. The van der Waals surface area contributed by atoms with Gasteiger partial charge in [0, 0.05) is 0 Å². The van der Waals surface area contributed by atoms with E-state index in [9.17, 15) is 4.79 Å². The third-order valence-electron chi connectivity index (χ3n) is 2.28. The predicted molar refractivity (Wildman–Crippen MR) is 58.4 cm³/mol. The molecule has 0 fully saturated rings. The fraction of sp³-hybridized carbons (Fsp3) is 0.300. The van der Waals surface area contributed by atoms with Crippen molar-refractivity contribution in [2.75, 3.05) is 0 Å². The van der Waals surface area contributed by atoms with Crippen LogP contribution >= 0.6 is 11.6 Å². The Hall–Kier alpha value is -1.42. The van der Waals surface area contributed by atoms with Gasteiger partial charge in [0.15, 0.2) is 6.29 Å². The number of rotatable bonds is 2. The van der Waals surface area contributed by atoms with Gasteiger partial charge in [-0.3, -0.25) is 4.79 Å². The molecule has 0 amide bonds. The zero-order valence-corrected chi connectivity index (χ0v) is 9.17. The number of aromatic amines is 1. The molecule has 2 aromatic heterocycles. The Kier molecular flexibility index (Phi) is 2.44. The van der Waals surface area contributed by atoms with Crippen LogP contribution in [0.5, 0.6) is 0 Å². The maximum atomic E-state index is 10.9.